The van der Waals surface area contributed by atoms with Crippen molar-refractivity contribution in [3.05, 3.63) is 90.0 Å². The molecular weight excluding hydrogens is 452 g/mol. The number of amides is 1. The molecule has 1 amide bonds. The lowest BCUT2D eigenvalue weighted by atomic mass is 9.90. The summed E-state index contributed by atoms with van der Waals surface area (Å²) in [6.07, 6.45) is 0. The Bertz CT molecular complexity index is 1220. The van der Waals surface area contributed by atoms with E-state index in [0.717, 1.165) is 11.1 Å². The van der Waals surface area contributed by atoms with Gasteiger partial charge in [-0.15, -0.1) is 0 Å². The Hall–Kier alpha value is -3.36. The minimum Gasteiger partial charge on any atom is -0.486 e. The Balaban J connectivity index is 1.32. The first-order chi connectivity index (χ1) is 16.5. The first-order valence-corrected chi connectivity index (χ1v) is 12.8. The van der Waals surface area contributed by atoms with Gasteiger partial charge in [0.05, 0.1) is 10.8 Å². The molecule has 2 aliphatic rings. The average Bonchev–Trinajstić information content (AvgIpc) is 2.90. The van der Waals surface area contributed by atoms with Crippen LogP contribution in [0.5, 0.6) is 11.5 Å². The number of hydrogen-bond acceptors (Lipinski definition) is 5. The van der Waals surface area contributed by atoms with Crippen molar-refractivity contribution < 1.29 is 22.7 Å². The minimum atomic E-state index is -3.71. The highest BCUT2D eigenvalue weighted by Gasteiger charge is 2.34. The lowest BCUT2D eigenvalue weighted by molar-refractivity contribution is -0.133. The van der Waals surface area contributed by atoms with E-state index in [-0.39, 0.29) is 23.9 Å². The number of benzene rings is 3. The molecule has 1 saturated heterocycles. The first kappa shape index (κ1) is 22.4. The van der Waals surface area contributed by atoms with Crippen LogP contribution in [0.15, 0.2) is 83.8 Å². The zero-order valence-corrected chi connectivity index (χ0v) is 19.5. The standard InChI is InChI=1S/C26H26N2O5S/c29-26(25(20-7-3-1-4-8-20)21-9-5-2-6-10-21)27-13-15-28(16-14-27)34(30,31)22-11-12-23-24(19-22)33-18-17-32-23/h1-12,19,25H,13-18H2. The fourth-order valence-corrected chi connectivity index (χ4v) is 5.87. The monoisotopic (exact) mass is 478 g/mol. The van der Waals surface area contributed by atoms with Gasteiger partial charge in [0, 0.05) is 32.2 Å². The molecule has 8 heteroatoms. The predicted octanol–water partition coefficient (Wildman–Crippen LogP) is 3.12. The molecule has 0 bridgehead atoms. The summed E-state index contributed by atoms with van der Waals surface area (Å²) < 4.78 is 39.0. The van der Waals surface area contributed by atoms with Gasteiger partial charge in [-0.3, -0.25) is 4.79 Å². The molecule has 2 aliphatic heterocycles. The maximum Gasteiger partial charge on any atom is 0.243 e. The highest BCUT2D eigenvalue weighted by atomic mass is 32.2. The highest BCUT2D eigenvalue weighted by molar-refractivity contribution is 7.89. The van der Waals surface area contributed by atoms with Crippen LogP contribution in [0.2, 0.25) is 0 Å². The van der Waals surface area contributed by atoms with E-state index < -0.39 is 15.9 Å². The molecule has 3 aromatic rings. The number of piperazine rings is 1. The number of carbonyl (C=O) groups is 1. The number of fused-ring (bicyclic) bond motifs is 1. The maximum atomic E-state index is 13.6. The van der Waals surface area contributed by atoms with Crippen LogP contribution in [0, 0.1) is 0 Å². The quantitative estimate of drug-likeness (QED) is 0.563. The molecule has 3 aromatic carbocycles. The van der Waals surface area contributed by atoms with Crippen molar-refractivity contribution >= 4 is 15.9 Å². The van der Waals surface area contributed by atoms with Gasteiger partial charge in [-0.1, -0.05) is 60.7 Å². The summed E-state index contributed by atoms with van der Waals surface area (Å²) >= 11 is 0. The molecule has 7 nitrogen and oxygen atoms in total. The molecule has 0 radical (unpaired) electrons. The number of hydrogen-bond donors (Lipinski definition) is 0. The van der Waals surface area contributed by atoms with Gasteiger partial charge in [0.2, 0.25) is 15.9 Å². The molecule has 0 spiro atoms. The van der Waals surface area contributed by atoms with Crippen LogP contribution in [0.25, 0.3) is 0 Å². The van der Waals surface area contributed by atoms with E-state index in [1.807, 2.05) is 60.7 Å². The zero-order valence-electron chi connectivity index (χ0n) is 18.7. The van der Waals surface area contributed by atoms with Crippen LogP contribution in [-0.2, 0) is 14.8 Å². The van der Waals surface area contributed by atoms with Crippen LogP contribution < -0.4 is 9.47 Å². The Morgan fingerprint density at radius 1 is 0.735 bits per heavy atom. The summed E-state index contributed by atoms with van der Waals surface area (Å²) in [6, 6.07) is 24.1. The second-order valence-corrected chi connectivity index (χ2v) is 10.2. The molecule has 0 aromatic heterocycles. The molecular formula is C26H26N2O5S. The summed E-state index contributed by atoms with van der Waals surface area (Å²) in [7, 11) is -3.71. The Labute approximate surface area is 199 Å². The number of nitrogens with zero attached hydrogens (tertiary/aromatic N) is 2. The van der Waals surface area contributed by atoms with E-state index in [1.54, 1.807) is 17.0 Å². The van der Waals surface area contributed by atoms with Gasteiger partial charge in [0.15, 0.2) is 11.5 Å². The van der Waals surface area contributed by atoms with Crippen LogP contribution >= 0.6 is 0 Å². The Morgan fingerprint density at radius 3 is 1.88 bits per heavy atom. The molecule has 176 valence electrons. The fourth-order valence-electron chi connectivity index (χ4n) is 4.43. The number of carbonyl (C=O) groups excluding carboxylic acids is 1. The summed E-state index contributed by atoms with van der Waals surface area (Å²) in [5.41, 5.74) is 1.84. The Morgan fingerprint density at radius 2 is 1.29 bits per heavy atom. The van der Waals surface area contributed by atoms with E-state index in [2.05, 4.69) is 0 Å². The van der Waals surface area contributed by atoms with Gasteiger partial charge in [0.25, 0.3) is 0 Å². The van der Waals surface area contributed by atoms with Crippen molar-refractivity contribution in [3.63, 3.8) is 0 Å². The first-order valence-electron chi connectivity index (χ1n) is 11.3. The molecule has 0 N–H and O–H groups in total. The van der Waals surface area contributed by atoms with Gasteiger partial charge in [-0.05, 0) is 23.3 Å². The van der Waals surface area contributed by atoms with Crippen LogP contribution in [0.3, 0.4) is 0 Å². The topological polar surface area (TPSA) is 76.2 Å². The van der Waals surface area contributed by atoms with Crippen molar-refractivity contribution in [1.82, 2.24) is 9.21 Å². The highest BCUT2D eigenvalue weighted by Crippen LogP contribution is 2.33. The van der Waals surface area contributed by atoms with Crippen LogP contribution in [0.4, 0.5) is 0 Å². The Kier molecular flexibility index (Phi) is 6.26. The molecule has 0 aliphatic carbocycles. The van der Waals surface area contributed by atoms with Gasteiger partial charge >= 0.3 is 0 Å². The largest absolute Gasteiger partial charge is 0.486 e. The normalized spacial score (nSPS) is 16.4. The minimum absolute atomic E-state index is 0.0197. The van der Waals surface area contributed by atoms with Crippen molar-refractivity contribution in [2.45, 2.75) is 10.8 Å². The SMILES string of the molecule is O=C(C(c1ccccc1)c1ccccc1)N1CCN(S(=O)(=O)c2ccc3c(c2)OCCO3)CC1. The third-order valence-electron chi connectivity index (χ3n) is 6.21. The molecule has 0 saturated carbocycles. The van der Waals surface area contributed by atoms with Crippen molar-refractivity contribution in [2.75, 3.05) is 39.4 Å². The lowest BCUT2D eigenvalue weighted by Crippen LogP contribution is -2.51. The molecule has 1 fully saturated rings. The third-order valence-corrected chi connectivity index (χ3v) is 8.11. The van der Waals surface area contributed by atoms with Crippen molar-refractivity contribution in [2.24, 2.45) is 0 Å². The van der Waals surface area contributed by atoms with E-state index in [4.69, 9.17) is 9.47 Å². The summed E-state index contributed by atoms with van der Waals surface area (Å²) in [5.74, 6) is 0.542. The second kappa shape index (κ2) is 9.48. The molecule has 2 heterocycles. The van der Waals surface area contributed by atoms with E-state index in [9.17, 15) is 13.2 Å². The molecule has 34 heavy (non-hydrogen) atoms. The zero-order chi connectivity index (χ0) is 23.5. The molecule has 0 atom stereocenters. The average molecular weight is 479 g/mol. The molecule has 5 rings (SSSR count). The summed E-state index contributed by atoms with van der Waals surface area (Å²) in [5, 5.41) is 0. The van der Waals surface area contributed by atoms with E-state index >= 15 is 0 Å². The van der Waals surface area contributed by atoms with Crippen molar-refractivity contribution in [1.29, 1.82) is 0 Å². The van der Waals surface area contributed by atoms with Gasteiger partial charge in [-0.2, -0.15) is 4.31 Å². The van der Waals surface area contributed by atoms with Gasteiger partial charge in [0.1, 0.15) is 13.2 Å². The lowest BCUT2D eigenvalue weighted by Gasteiger charge is -2.36. The van der Waals surface area contributed by atoms with Crippen LogP contribution in [-0.4, -0.2) is 62.9 Å². The third kappa shape index (κ3) is 4.38. The van der Waals surface area contributed by atoms with Gasteiger partial charge in [-0.25, -0.2) is 8.42 Å². The summed E-state index contributed by atoms with van der Waals surface area (Å²) in [6.45, 7) is 1.97. The number of sulfonamides is 1. The van der Waals surface area contributed by atoms with E-state index in [1.165, 1.54) is 10.4 Å². The fraction of sp³-hybridized carbons (Fsp3) is 0.269. The van der Waals surface area contributed by atoms with Gasteiger partial charge < -0.3 is 14.4 Å². The van der Waals surface area contributed by atoms with Crippen molar-refractivity contribution in [3.8, 4) is 11.5 Å². The second-order valence-electron chi connectivity index (χ2n) is 8.29. The van der Waals surface area contributed by atoms with Crippen LogP contribution in [0.1, 0.15) is 17.0 Å². The predicted molar refractivity (Wildman–Crippen MR) is 127 cm³/mol. The number of rotatable bonds is 5. The maximum absolute atomic E-state index is 13.6. The molecule has 0 unspecified atom stereocenters. The van der Waals surface area contributed by atoms with E-state index in [0.29, 0.717) is 37.8 Å². The number of ether oxygens (including phenoxy) is 2. The summed E-state index contributed by atoms with van der Waals surface area (Å²) in [4.78, 5) is 15.5. The smallest absolute Gasteiger partial charge is 0.243 e.